The van der Waals surface area contributed by atoms with Crippen molar-refractivity contribution >= 4 is 34.6 Å². The van der Waals surface area contributed by atoms with E-state index in [4.69, 9.17) is 28.6 Å². The molecule has 0 bridgehead atoms. The maximum absolute atomic E-state index is 12.9. The first-order valence-corrected chi connectivity index (χ1v) is 7.74. The molecule has 21 heavy (non-hydrogen) atoms. The van der Waals surface area contributed by atoms with Crippen molar-refractivity contribution in [2.45, 2.75) is 6.42 Å². The molecule has 1 saturated heterocycles. The summed E-state index contributed by atoms with van der Waals surface area (Å²) in [4.78, 5) is 2.37. The molecule has 1 aliphatic rings. The van der Waals surface area contributed by atoms with Crippen LogP contribution in [0.4, 0.5) is 10.1 Å². The smallest absolute Gasteiger partial charge is 0.170 e. The van der Waals surface area contributed by atoms with Crippen molar-refractivity contribution in [3.8, 4) is 0 Å². The van der Waals surface area contributed by atoms with E-state index in [-0.39, 0.29) is 5.82 Å². The third kappa shape index (κ3) is 5.74. The lowest BCUT2D eigenvalue weighted by Gasteiger charge is -2.26. The highest BCUT2D eigenvalue weighted by molar-refractivity contribution is 7.80. The van der Waals surface area contributed by atoms with Gasteiger partial charge in [0.15, 0.2) is 5.11 Å². The van der Waals surface area contributed by atoms with Gasteiger partial charge in [-0.1, -0.05) is 11.6 Å². The van der Waals surface area contributed by atoms with Gasteiger partial charge in [0, 0.05) is 19.6 Å². The van der Waals surface area contributed by atoms with Crippen molar-refractivity contribution < 1.29 is 9.13 Å². The van der Waals surface area contributed by atoms with E-state index in [1.54, 1.807) is 6.07 Å². The van der Waals surface area contributed by atoms with Crippen LogP contribution < -0.4 is 10.6 Å². The van der Waals surface area contributed by atoms with E-state index < -0.39 is 0 Å². The summed E-state index contributed by atoms with van der Waals surface area (Å²) < 4.78 is 18.2. The highest BCUT2D eigenvalue weighted by atomic mass is 35.5. The number of benzene rings is 1. The maximum Gasteiger partial charge on any atom is 0.170 e. The zero-order valence-electron chi connectivity index (χ0n) is 11.7. The second-order valence-corrected chi connectivity index (χ2v) is 5.63. The Morgan fingerprint density at radius 2 is 2.14 bits per heavy atom. The van der Waals surface area contributed by atoms with Crippen molar-refractivity contribution in [1.29, 1.82) is 0 Å². The van der Waals surface area contributed by atoms with E-state index in [0.717, 1.165) is 45.8 Å². The Morgan fingerprint density at radius 1 is 1.38 bits per heavy atom. The second-order valence-electron chi connectivity index (χ2n) is 4.81. The number of nitrogens with zero attached hydrogens (tertiary/aromatic N) is 1. The van der Waals surface area contributed by atoms with Crippen LogP contribution in [0.15, 0.2) is 18.2 Å². The van der Waals surface area contributed by atoms with Gasteiger partial charge >= 0.3 is 0 Å². The van der Waals surface area contributed by atoms with Crippen LogP contribution in [-0.2, 0) is 4.74 Å². The largest absolute Gasteiger partial charge is 0.379 e. The molecular formula is C14H19ClFN3OS. The van der Waals surface area contributed by atoms with Gasteiger partial charge in [-0.3, -0.25) is 4.90 Å². The molecule has 116 valence electrons. The predicted octanol–water partition coefficient (Wildman–Crippen LogP) is 2.49. The number of nitrogens with one attached hydrogen (secondary N) is 2. The van der Waals surface area contributed by atoms with Crippen molar-refractivity contribution in [3.63, 3.8) is 0 Å². The Morgan fingerprint density at radius 3 is 2.86 bits per heavy atom. The molecule has 1 aromatic rings. The first-order chi connectivity index (χ1) is 10.1. The summed E-state index contributed by atoms with van der Waals surface area (Å²) in [5.74, 6) is -0.366. The van der Waals surface area contributed by atoms with Crippen LogP contribution in [0, 0.1) is 5.82 Å². The molecule has 1 heterocycles. The molecule has 2 N–H and O–H groups in total. The van der Waals surface area contributed by atoms with Gasteiger partial charge in [-0.2, -0.15) is 0 Å². The average Bonchev–Trinajstić information content (AvgIpc) is 2.48. The predicted molar refractivity (Wildman–Crippen MR) is 87.5 cm³/mol. The monoisotopic (exact) mass is 331 g/mol. The summed E-state index contributed by atoms with van der Waals surface area (Å²) in [6, 6.07) is 4.17. The lowest BCUT2D eigenvalue weighted by molar-refractivity contribution is 0.0376. The Bertz CT molecular complexity index is 483. The normalized spacial score (nSPS) is 15.7. The quantitative estimate of drug-likeness (QED) is 0.640. The topological polar surface area (TPSA) is 36.5 Å². The number of morpholine rings is 1. The van der Waals surface area contributed by atoms with Crippen molar-refractivity contribution in [3.05, 3.63) is 29.0 Å². The highest BCUT2D eigenvalue weighted by Crippen LogP contribution is 2.22. The number of halogens is 2. The van der Waals surface area contributed by atoms with Crippen LogP contribution >= 0.6 is 23.8 Å². The Kier molecular flexibility index (Phi) is 6.63. The van der Waals surface area contributed by atoms with E-state index in [9.17, 15) is 4.39 Å². The van der Waals surface area contributed by atoms with Gasteiger partial charge in [-0.15, -0.1) is 0 Å². The fourth-order valence-corrected chi connectivity index (χ4v) is 2.51. The van der Waals surface area contributed by atoms with E-state index >= 15 is 0 Å². The number of hydrogen-bond acceptors (Lipinski definition) is 3. The molecular weight excluding hydrogens is 313 g/mol. The van der Waals surface area contributed by atoms with Crippen LogP contribution in [0.2, 0.25) is 5.02 Å². The van der Waals surface area contributed by atoms with Crippen LogP contribution in [0.1, 0.15) is 6.42 Å². The standard InChI is InChI=1S/C14H19ClFN3OS/c15-12-10-11(16)2-3-13(12)18-14(21)17-4-1-5-19-6-8-20-9-7-19/h2-3,10H,1,4-9H2,(H2,17,18,21). The minimum Gasteiger partial charge on any atom is -0.379 e. The molecule has 0 saturated carbocycles. The van der Waals surface area contributed by atoms with Gasteiger partial charge in [-0.25, -0.2) is 4.39 Å². The van der Waals surface area contributed by atoms with E-state index in [1.165, 1.54) is 12.1 Å². The summed E-state index contributed by atoms with van der Waals surface area (Å²) in [5, 5.41) is 6.89. The minimum atomic E-state index is -0.366. The first-order valence-electron chi connectivity index (χ1n) is 6.95. The molecule has 7 heteroatoms. The number of hydrogen-bond donors (Lipinski definition) is 2. The van der Waals surface area contributed by atoms with Gasteiger partial charge in [-0.05, 0) is 43.4 Å². The molecule has 0 radical (unpaired) electrons. The van der Waals surface area contributed by atoms with E-state index in [0.29, 0.717) is 15.8 Å². The average molecular weight is 332 g/mol. The Balaban J connectivity index is 1.65. The molecule has 1 aromatic carbocycles. The number of rotatable bonds is 5. The summed E-state index contributed by atoms with van der Waals surface area (Å²) in [5.41, 5.74) is 0.601. The minimum absolute atomic E-state index is 0.312. The fourth-order valence-electron chi connectivity index (χ4n) is 2.09. The van der Waals surface area contributed by atoms with Crippen LogP contribution in [0.25, 0.3) is 0 Å². The number of ether oxygens (including phenoxy) is 1. The van der Waals surface area contributed by atoms with E-state index in [2.05, 4.69) is 15.5 Å². The van der Waals surface area contributed by atoms with Crippen LogP contribution in [0.5, 0.6) is 0 Å². The summed E-state index contributed by atoms with van der Waals surface area (Å²) in [6.45, 7) is 5.42. The molecule has 0 unspecified atom stereocenters. The molecule has 1 fully saturated rings. The van der Waals surface area contributed by atoms with Crippen molar-refractivity contribution in [2.75, 3.05) is 44.7 Å². The van der Waals surface area contributed by atoms with Crippen molar-refractivity contribution in [1.82, 2.24) is 10.2 Å². The van der Waals surface area contributed by atoms with Crippen molar-refractivity contribution in [2.24, 2.45) is 0 Å². The number of anilines is 1. The fraction of sp³-hybridized carbons (Fsp3) is 0.500. The first kappa shape index (κ1) is 16.4. The second kappa shape index (κ2) is 8.48. The van der Waals surface area contributed by atoms with Gasteiger partial charge < -0.3 is 15.4 Å². The molecule has 1 aliphatic heterocycles. The molecule has 2 rings (SSSR count). The molecule has 4 nitrogen and oxygen atoms in total. The summed E-state index contributed by atoms with van der Waals surface area (Å²) >= 11 is 11.1. The Hall–Kier alpha value is -0.950. The molecule has 0 amide bonds. The van der Waals surface area contributed by atoms with Gasteiger partial charge in [0.2, 0.25) is 0 Å². The zero-order valence-corrected chi connectivity index (χ0v) is 13.3. The zero-order chi connectivity index (χ0) is 15.1. The third-order valence-electron chi connectivity index (χ3n) is 3.22. The molecule has 0 aliphatic carbocycles. The van der Waals surface area contributed by atoms with Gasteiger partial charge in [0.1, 0.15) is 5.82 Å². The molecule has 0 spiro atoms. The van der Waals surface area contributed by atoms with E-state index in [1.807, 2.05) is 0 Å². The molecule has 0 atom stereocenters. The van der Waals surface area contributed by atoms with Crippen LogP contribution in [0.3, 0.4) is 0 Å². The Labute approximate surface area is 134 Å². The van der Waals surface area contributed by atoms with Gasteiger partial charge in [0.05, 0.1) is 23.9 Å². The lowest BCUT2D eigenvalue weighted by Crippen LogP contribution is -2.38. The highest BCUT2D eigenvalue weighted by Gasteiger charge is 2.09. The number of thiocarbonyl (C=S) groups is 1. The molecule has 0 aromatic heterocycles. The lowest BCUT2D eigenvalue weighted by atomic mass is 10.3. The van der Waals surface area contributed by atoms with Crippen LogP contribution in [-0.4, -0.2) is 49.4 Å². The summed E-state index contributed by atoms with van der Waals surface area (Å²) in [6.07, 6.45) is 0.999. The maximum atomic E-state index is 12.9. The summed E-state index contributed by atoms with van der Waals surface area (Å²) in [7, 11) is 0. The SMILES string of the molecule is Fc1ccc(NC(=S)NCCCN2CCOCC2)c(Cl)c1. The third-order valence-corrected chi connectivity index (χ3v) is 3.78. The van der Waals surface area contributed by atoms with Gasteiger partial charge in [0.25, 0.3) is 0 Å².